The molecule has 1 heterocycles. The standard InChI is InChI=1S/C15H28N4S/c1-11(2)10-18(12(3)4)14-16-17-15(20)19(14)13-8-6-5-7-9-13/h11-13H,5-10H2,1-4H3,(H,17,20). The summed E-state index contributed by atoms with van der Waals surface area (Å²) in [5.41, 5.74) is 0. The van der Waals surface area contributed by atoms with E-state index in [0.717, 1.165) is 17.3 Å². The van der Waals surface area contributed by atoms with Gasteiger partial charge in [0.15, 0.2) is 4.77 Å². The van der Waals surface area contributed by atoms with Crippen molar-refractivity contribution in [3.63, 3.8) is 0 Å². The topological polar surface area (TPSA) is 36.9 Å². The van der Waals surface area contributed by atoms with Crippen LogP contribution in [0.1, 0.15) is 65.8 Å². The Morgan fingerprint density at radius 3 is 2.45 bits per heavy atom. The van der Waals surface area contributed by atoms with Gasteiger partial charge in [0, 0.05) is 18.6 Å². The van der Waals surface area contributed by atoms with Crippen molar-refractivity contribution >= 4 is 18.2 Å². The minimum atomic E-state index is 0.435. The van der Waals surface area contributed by atoms with E-state index in [1.165, 1.54) is 32.1 Å². The maximum Gasteiger partial charge on any atom is 0.226 e. The van der Waals surface area contributed by atoms with Crippen molar-refractivity contribution in [1.82, 2.24) is 14.8 Å². The molecule has 20 heavy (non-hydrogen) atoms. The van der Waals surface area contributed by atoms with Crippen molar-refractivity contribution in [2.24, 2.45) is 5.92 Å². The van der Waals surface area contributed by atoms with E-state index < -0.39 is 0 Å². The van der Waals surface area contributed by atoms with E-state index >= 15 is 0 Å². The van der Waals surface area contributed by atoms with Crippen LogP contribution in [0.15, 0.2) is 0 Å². The van der Waals surface area contributed by atoms with Gasteiger partial charge in [-0.05, 0) is 44.8 Å². The van der Waals surface area contributed by atoms with Crippen LogP contribution >= 0.6 is 12.2 Å². The molecular weight excluding hydrogens is 268 g/mol. The Balaban J connectivity index is 2.32. The predicted molar refractivity (Wildman–Crippen MR) is 86.9 cm³/mol. The molecular formula is C15H28N4S. The Morgan fingerprint density at radius 2 is 1.90 bits per heavy atom. The highest BCUT2D eigenvalue weighted by molar-refractivity contribution is 7.71. The second-order valence-corrected chi connectivity index (χ2v) is 7.02. The minimum absolute atomic E-state index is 0.435. The smallest absolute Gasteiger partial charge is 0.226 e. The van der Waals surface area contributed by atoms with Gasteiger partial charge in [-0.15, -0.1) is 5.10 Å². The van der Waals surface area contributed by atoms with Gasteiger partial charge in [0.1, 0.15) is 0 Å². The van der Waals surface area contributed by atoms with E-state index in [1.807, 2.05) is 0 Å². The third-order valence-corrected chi connectivity index (χ3v) is 4.36. The fourth-order valence-corrected chi connectivity index (χ4v) is 3.36. The normalized spacial score (nSPS) is 17.1. The maximum atomic E-state index is 5.49. The second-order valence-electron chi connectivity index (χ2n) is 6.63. The Bertz CT molecular complexity index is 468. The molecule has 0 aromatic carbocycles. The molecule has 1 aromatic rings. The lowest BCUT2D eigenvalue weighted by atomic mass is 9.95. The number of aromatic amines is 1. The number of nitrogens with zero attached hydrogens (tertiary/aromatic N) is 3. The summed E-state index contributed by atoms with van der Waals surface area (Å²) in [5, 5.41) is 7.55. The molecule has 0 spiro atoms. The van der Waals surface area contributed by atoms with Gasteiger partial charge in [-0.25, -0.2) is 5.10 Å². The van der Waals surface area contributed by atoms with E-state index in [-0.39, 0.29) is 0 Å². The second kappa shape index (κ2) is 6.74. The van der Waals surface area contributed by atoms with Crippen LogP contribution < -0.4 is 4.90 Å². The molecule has 1 aliphatic rings. The maximum absolute atomic E-state index is 5.49. The van der Waals surface area contributed by atoms with Crippen LogP contribution in [-0.2, 0) is 0 Å². The minimum Gasteiger partial charge on any atom is -0.338 e. The van der Waals surface area contributed by atoms with Crippen molar-refractivity contribution in [3.05, 3.63) is 4.77 Å². The van der Waals surface area contributed by atoms with Crippen LogP contribution in [0.5, 0.6) is 0 Å². The van der Waals surface area contributed by atoms with Gasteiger partial charge in [0.2, 0.25) is 5.95 Å². The molecule has 0 amide bonds. The highest BCUT2D eigenvalue weighted by atomic mass is 32.1. The molecule has 0 atom stereocenters. The van der Waals surface area contributed by atoms with E-state index in [2.05, 4.69) is 47.4 Å². The summed E-state index contributed by atoms with van der Waals surface area (Å²) in [6.45, 7) is 9.98. The van der Waals surface area contributed by atoms with Gasteiger partial charge in [-0.3, -0.25) is 4.57 Å². The third-order valence-electron chi connectivity index (χ3n) is 4.07. The molecule has 4 nitrogen and oxygen atoms in total. The van der Waals surface area contributed by atoms with Gasteiger partial charge in [0.25, 0.3) is 0 Å². The van der Waals surface area contributed by atoms with Gasteiger partial charge in [-0.1, -0.05) is 33.1 Å². The van der Waals surface area contributed by atoms with E-state index in [1.54, 1.807) is 0 Å². The average molecular weight is 296 g/mol. The van der Waals surface area contributed by atoms with Gasteiger partial charge >= 0.3 is 0 Å². The summed E-state index contributed by atoms with van der Waals surface area (Å²) in [6, 6.07) is 0.961. The summed E-state index contributed by atoms with van der Waals surface area (Å²) >= 11 is 5.49. The number of anilines is 1. The molecule has 1 aliphatic carbocycles. The summed E-state index contributed by atoms with van der Waals surface area (Å²) in [5.74, 6) is 1.65. The van der Waals surface area contributed by atoms with E-state index in [4.69, 9.17) is 12.2 Å². The highest BCUT2D eigenvalue weighted by Gasteiger charge is 2.24. The quantitative estimate of drug-likeness (QED) is 0.822. The summed E-state index contributed by atoms with van der Waals surface area (Å²) in [7, 11) is 0. The molecule has 1 fully saturated rings. The Morgan fingerprint density at radius 1 is 1.25 bits per heavy atom. The molecule has 0 aliphatic heterocycles. The number of hydrogen-bond acceptors (Lipinski definition) is 3. The van der Waals surface area contributed by atoms with Crippen LogP contribution in [0.25, 0.3) is 0 Å². The van der Waals surface area contributed by atoms with E-state index in [9.17, 15) is 0 Å². The van der Waals surface area contributed by atoms with Gasteiger partial charge in [0.05, 0.1) is 0 Å². The van der Waals surface area contributed by atoms with Gasteiger partial charge < -0.3 is 4.90 Å². The lowest BCUT2D eigenvalue weighted by Gasteiger charge is -2.32. The number of aromatic nitrogens is 3. The first-order valence-electron chi connectivity index (χ1n) is 7.94. The van der Waals surface area contributed by atoms with Crippen LogP contribution in [0, 0.1) is 10.7 Å². The highest BCUT2D eigenvalue weighted by Crippen LogP contribution is 2.32. The SMILES string of the molecule is CC(C)CN(c1n[nH]c(=S)n1C1CCCCC1)C(C)C. The molecule has 114 valence electrons. The molecule has 0 saturated heterocycles. The monoisotopic (exact) mass is 296 g/mol. The van der Waals surface area contributed by atoms with Crippen LogP contribution in [0.3, 0.4) is 0 Å². The van der Waals surface area contributed by atoms with Crippen molar-refractivity contribution in [1.29, 1.82) is 0 Å². The van der Waals surface area contributed by atoms with E-state index in [0.29, 0.717) is 18.0 Å². The van der Waals surface area contributed by atoms with Gasteiger partial charge in [-0.2, -0.15) is 0 Å². The predicted octanol–water partition coefficient (Wildman–Crippen LogP) is 4.32. The summed E-state index contributed by atoms with van der Waals surface area (Å²) in [6.07, 6.45) is 6.44. The third kappa shape index (κ3) is 3.43. The lowest BCUT2D eigenvalue weighted by Crippen LogP contribution is -2.37. The first-order chi connectivity index (χ1) is 9.50. The number of hydrogen-bond donors (Lipinski definition) is 1. The zero-order valence-corrected chi connectivity index (χ0v) is 14.0. The molecule has 0 unspecified atom stereocenters. The zero-order valence-electron chi connectivity index (χ0n) is 13.2. The molecule has 1 N–H and O–H groups in total. The number of rotatable bonds is 5. The molecule has 0 radical (unpaired) electrons. The van der Waals surface area contributed by atoms with Crippen molar-refractivity contribution in [2.45, 2.75) is 71.9 Å². The Labute approximate surface area is 127 Å². The molecule has 0 bridgehead atoms. The van der Waals surface area contributed by atoms with Crippen molar-refractivity contribution < 1.29 is 0 Å². The van der Waals surface area contributed by atoms with Crippen molar-refractivity contribution in [3.8, 4) is 0 Å². The molecule has 2 rings (SSSR count). The summed E-state index contributed by atoms with van der Waals surface area (Å²) in [4.78, 5) is 2.38. The lowest BCUT2D eigenvalue weighted by molar-refractivity contribution is 0.348. The Hall–Kier alpha value is -0.840. The van der Waals surface area contributed by atoms with Crippen LogP contribution in [-0.4, -0.2) is 27.4 Å². The van der Waals surface area contributed by atoms with Crippen LogP contribution in [0.4, 0.5) is 5.95 Å². The number of H-pyrrole nitrogens is 1. The average Bonchev–Trinajstić information content (AvgIpc) is 2.78. The zero-order chi connectivity index (χ0) is 14.7. The fourth-order valence-electron chi connectivity index (χ4n) is 3.08. The fraction of sp³-hybridized carbons (Fsp3) is 0.867. The number of nitrogens with one attached hydrogen (secondary N) is 1. The molecule has 5 heteroatoms. The largest absolute Gasteiger partial charge is 0.338 e. The first kappa shape index (κ1) is 15.5. The first-order valence-corrected chi connectivity index (χ1v) is 8.35. The molecule has 1 saturated carbocycles. The Kier molecular flexibility index (Phi) is 5.24. The van der Waals surface area contributed by atoms with Crippen LogP contribution in [0.2, 0.25) is 0 Å². The summed E-state index contributed by atoms with van der Waals surface area (Å²) < 4.78 is 3.05. The molecule has 1 aromatic heterocycles. The van der Waals surface area contributed by atoms with Crippen molar-refractivity contribution in [2.75, 3.05) is 11.4 Å².